The Kier molecular flexibility index (Phi) is 4.13. The lowest BCUT2D eigenvalue weighted by atomic mass is 10.3. The van der Waals surface area contributed by atoms with Crippen LogP contribution in [0.25, 0.3) is 0 Å². The molecule has 0 bridgehead atoms. The zero-order valence-electron chi connectivity index (χ0n) is 11.2. The fourth-order valence-electron chi connectivity index (χ4n) is 2.41. The lowest BCUT2D eigenvalue weighted by molar-refractivity contribution is -0.393. The van der Waals surface area contributed by atoms with Gasteiger partial charge in [-0.05, 0) is 11.8 Å². The van der Waals surface area contributed by atoms with Crippen LogP contribution in [0.15, 0.2) is 0 Å². The minimum Gasteiger partial charge on any atom is -0.374 e. The third-order valence-electron chi connectivity index (χ3n) is 3.39. The third kappa shape index (κ3) is 2.91. The second-order valence-corrected chi connectivity index (χ2v) is 4.70. The standard InChI is InChI=1S/C11H19N5O3/c1-8-11(16(18)19)15(9(2)13-8)7-10(17)14-5-3-12-4-6-14/h10,12,17H,3-7H2,1-2H3. The molecule has 1 fully saturated rings. The first-order chi connectivity index (χ1) is 9.00. The van der Waals surface area contributed by atoms with Crippen molar-refractivity contribution in [3.63, 3.8) is 0 Å². The molecule has 1 aromatic heterocycles. The quantitative estimate of drug-likeness (QED) is 0.572. The highest BCUT2D eigenvalue weighted by atomic mass is 16.6. The van der Waals surface area contributed by atoms with Gasteiger partial charge >= 0.3 is 5.82 Å². The van der Waals surface area contributed by atoms with Crippen LogP contribution in [0.5, 0.6) is 0 Å². The summed E-state index contributed by atoms with van der Waals surface area (Å²) < 4.78 is 1.47. The van der Waals surface area contributed by atoms with E-state index < -0.39 is 11.2 Å². The zero-order chi connectivity index (χ0) is 14.0. The first-order valence-electron chi connectivity index (χ1n) is 6.31. The average molecular weight is 269 g/mol. The minimum absolute atomic E-state index is 0.0355. The summed E-state index contributed by atoms with van der Waals surface area (Å²) in [6.07, 6.45) is -0.729. The number of hydrogen-bond donors (Lipinski definition) is 2. The molecule has 0 amide bonds. The summed E-state index contributed by atoms with van der Waals surface area (Å²) in [6.45, 7) is 6.61. The van der Waals surface area contributed by atoms with E-state index >= 15 is 0 Å². The number of nitrogens with one attached hydrogen (secondary N) is 1. The lowest BCUT2D eigenvalue weighted by Crippen LogP contribution is -2.49. The molecule has 0 saturated carbocycles. The molecule has 8 heteroatoms. The first kappa shape index (κ1) is 13.9. The van der Waals surface area contributed by atoms with Gasteiger partial charge in [-0.25, -0.2) is 9.55 Å². The highest BCUT2D eigenvalue weighted by Crippen LogP contribution is 2.20. The summed E-state index contributed by atoms with van der Waals surface area (Å²) in [7, 11) is 0. The minimum atomic E-state index is -0.729. The van der Waals surface area contributed by atoms with Crippen molar-refractivity contribution in [1.29, 1.82) is 0 Å². The van der Waals surface area contributed by atoms with Crippen LogP contribution in [0.4, 0.5) is 5.82 Å². The van der Waals surface area contributed by atoms with Crippen LogP contribution in [-0.4, -0.2) is 56.9 Å². The maximum Gasteiger partial charge on any atom is 0.345 e. The maximum absolute atomic E-state index is 11.1. The van der Waals surface area contributed by atoms with Crippen molar-refractivity contribution >= 4 is 5.82 Å². The summed E-state index contributed by atoms with van der Waals surface area (Å²) in [5, 5.41) is 24.4. The van der Waals surface area contributed by atoms with Crippen LogP contribution in [0.2, 0.25) is 0 Å². The molecule has 0 aliphatic carbocycles. The predicted molar refractivity (Wildman–Crippen MR) is 68.8 cm³/mol. The number of hydrogen-bond acceptors (Lipinski definition) is 6. The van der Waals surface area contributed by atoms with E-state index in [0.717, 1.165) is 26.2 Å². The predicted octanol–water partition coefficient (Wildman–Crippen LogP) is -0.368. The molecule has 0 spiro atoms. The van der Waals surface area contributed by atoms with E-state index in [2.05, 4.69) is 10.3 Å². The van der Waals surface area contributed by atoms with E-state index in [4.69, 9.17) is 0 Å². The Bertz CT molecular complexity index is 467. The number of aliphatic hydroxyl groups is 1. The van der Waals surface area contributed by atoms with Gasteiger partial charge in [-0.3, -0.25) is 4.90 Å². The number of aliphatic hydroxyl groups excluding tert-OH is 1. The molecule has 1 unspecified atom stereocenters. The number of imidazole rings is 1. The SMILES string of the molecule is Cc1nc(C)n(CC(O)N2CCNCC2)c1[N+](=O)[O-]. The summed E-state index contributed by atoms with van der Waals surface area (Å²) in [4.78, 5) is 16.6. The molecule has 2 heterocycles. The molecule has 8 nitrogen and oxygen atoms in total. The number of piperazine rings is 1. The van der Waals surface area contributed by atoms with Gasteiger partial charge in [-0.15, -0.1) is 0 Å². The highest BCUT2D eigenvalue weighted by molar-refractivity contribution is 5.29. The highest BCUT2D eigenvalue weighted by Gasteiger charge is 2.27. The number of rotatable bonds is 4. The Labute approximate surface area is 111 Å². The summed E-state index contributed by atoms with van der Waals surface area (Å²) >= 11 is 0. The molecule has 1 aromatic rings. The van der Waals surface area contributed by atoms with E-state index in [1.54, 1.807) is 13.8 Å². The van der Waals surface area contributed by atoms with E-state index in [1.165, 1.54) is 4.57 Å². The molecule has 106 valence electrons. The number of aromatic nitrogens is 2. The van der Waals surface area contributed by atoms with Crippen LogP contribution in [0, 0.1) is 24.0 Å². The fourth-order valence-corrected chi connectivity index (χ4v) is 2.41. The van der Waals surface area contributed by atoms with E-state index in [0.29, 0.717) is 11.5 Å². The van der Waals surface area contributed by atoms with Crippen molar-refractivity contribution in [2.24, 2.45) is 0 Å². The summed E-state index contributed by atoms with van der Waals surface area (Å²) in [5.41, 5.74) is 0.384. The van der Waals surface area contributed by atoms with Crippen molar-refractivity contribution in [1.82, 2.24) is 19.8 Å². The van der Waals surface area contributed by atoms with Gasteiger partial charge in [-0.1, -0.05) is 0 Å². The molecule has 2 rings (SSSR count). The van der Waals surface area contributed by atoms with Gasteiger partial charge in [0.1, 0.15) is 18.5 Å². The number of aryl methyl sites for hydroxylation is 2. The number of nitro groups is 1. The van der Waals surface area contributed by atoms with Gasteiger partial charge in [0.2, 0.25) is 0 Å². The van der Waals surface area contributed by atoms with E-state index in [1.807, 2.05) is 4.90 Å². The number of nitrogens with zero attached hydrogens (tertiary/aromatic N) is 4. The maximum atomic E-state index is 11.1. The molecule has 1 aliphatic heterocycles. The van der Waals surface area contributed by atoms with Gasteiger partial charge in [-0.2, -0.15) is 0 Å². The Balaban J connectivity index is 2.15. The Morgan fingerprint density at radius 2 is 2.11 bits per heavy atom. The van der Waals surface area contributed by atoms with Crippen LogP contribution < -0.4 is 5.32 Å². The van der Waals surface area contributed by atoms with Gasteiger partial charge < -0.3 is 20.5 Å². The molecular formula is C11H19N5O3. The Morgan fingerprint density at radius 3 is 2.68 bits per heavy atom. The van der Waals surface area contributed by atoms with Crippen molar-refractivity contribution < 1.29 is 10.0 Å². The van der Waals surface area contributed by atoms with Crippen LogP contribution in [0.1, 0.15) is 11.5 Å². The summed E-state index contributed by atoms with van der Waals surface area (Å²) in [6, 6.07) is 0. The molecular weight excluding hydrogens is 250 g/mol. The van der Waals surface area contributed by atoms with Crippen molar-refractivity contribution in [3.8, 4) is 0 Å². The topological polar surface area (TPSA) is 96.5 Å². The molecule has 1 aliphatic rings. The van der Waals surface area contributed by atoms with Gasteiger partial charge in [0, 0.05) is 33.1 Å². The fraction of sp³-hybridized carbons (Fsp3) is 0.727. The Hall–Kier alpha value is -1.51. The van der Waals surface area contributed by atoms with Crippen molar-refractivity contribution in [2.45, 2.75) is 26.6 Å². The average Bonchev–Trinajstić information content (AvgIpc) is 2.65. The van der Waals surface area contributed by atoms with Gasteiger partial charge in [0.25, 0.3) is 0 Å². The van der Waals surface area contributed by atoms with Gasteiger partial charge in [0.05, 0.1) is 0 Å². The first-order valence-corrected chi connectivity index (χ1v) is 6.31. The van der Waals surface area contributed by atoms with Gasteiger partial charge in [0.15, 0.2) is 5.82 Å². The second-order valence-electron chi connectivity index (χ2n) is 4.70. The molecule has 0 radical (unpaired) electrons. The molecule has 2 N–H and O–H groups in total. The van der Waals surface area contributed by atoms with E-state index in [9.17, 15) is 15.2 Å². The van der Waals surface area contributed by atoms with Crippen LogP contribution in [-0.2, 0) is 6.54 Å². The lowest BCUT2D eigenvalue weighted by Gasteiger charge is -2.30. The molecule has 1 saturated heterocycles. The van der Waals surface area contributed by atoms with E-state index in [-0.39, 0.29) is 12.4 Å². The van der Waals surface area contributed by atoms with Crippen molar-refractivity contribution in [3.05, 3.63) is 21.6 Å². The Morgan fingerprint density at radius 1 is 1.47 bits per heavy atom. The molecule has 0 aromatic carbocycles. The smallest absolute Gasteiger partial charge is 0.345 e. The largest absolute Gasteiger partial charge is 0.374 e. The van der Waals surface area contributed by atoms with Crippen LogP contribution >= 0.6 is 0 Å². The third-order valence-corrected chi connectivity index (χ3v) is 3.39. The summed E-state index contributed by atoms with van der Waals surface area (Å²) in [5.74, 6) is 0.519. The molecule has 19 heavy (non-hydrogen) atoms. The van der Waals surface area contributed by atoms with Crippen molar-refractivity contribution in [2.75, 3.05) is 26.2 Å². The normalized spacial score (nSPS) is 18.5. The van der Waals surface area contributed by atoms with Crippen LogP contribution in [0.3, 0.4) is 0 Å². The monoisotopic (exact) mass is 269 g/mol. The zero-order valence-corrected chi connectivity index (χ0v) is 11.2. The second kappa shape index (κ2) is 5.64. The molecule has 1 atom stereocenters.